The zero-order valence-electron chi connectivity index (χ0n) is 25.2. The molecule has 2 atom stereocenters. The van der Waals surface area contributed by atoms with Crippen LogP contribution in [0.25, 0.3) is 0 Å². The van der Waals surface area contributed by atoms with E-state index in [4.69, 9.17) is 4.99 Å². The standard InChI is InChI=1S/C31H39F2N3O.C3H8/c1-5-6-25-8-12-27(13-9-25)24(4)29(14-10-26-15-17-34-18-16-26)35-30-19-28(11-7-22(30)2)31(37)36(21-32)20-23(3)33;1-3-2/h7-9,11-13,15,17,19,23-24H,5-6,10,14,16,18,20-21H2,1-4H3;3H2,1-2H3. The molecule has 0 N–H and O–H groups in total. The maximum atomic E-state index is 13.5. The fourth-order valence-corrected chi connectivity index (χ4v) is 4.53. The third kappa shape index (κ3) is 10.4. The van der Waals surface area contributed by atoms with E-state index < -0.39 is 18.9 Å². The number of alkyl halides is 2. The first-order chi connectivity index (χ1) is 19.2. The summed E-state index contributed by atoms with van der Waals surface area (Å²) in [5.41, 5.74) is 6.82. The number of aryl methyl sites for hydroxylation is 2. The van der Waals surface area contributed by atoms with Gasteiger partial charge >= 0.3 is 0 Å². The second-order valence-electron chi connectivity index (χ2n) is 10.6. The van der Waals surface area contributed by atoms with Crippen molar-refractivity contribution in [2.24, 2.45) is 9.98 Å². The van der Waals surface area contributed by atoms with Crippen molar-refractivity contribution in [1.29, 1.82) is 0 Å². The smallest absolute Gasteiger partial charge is 0.256 e. The Balaban J connectivity index is 0.00000178. The van der Waals surface area contributed by atoms with E-state index in [0.717, 1.165) is 54.8 Å². The van der Waals surface area contributed by atoms with Crippen molar-refractivity contribution < 1.29 is 13.6 Å². The van der Waals surface area contributed by atoms with Gasteiger partial charge in [-0.1, -0.05) is 76.4 Å². The lowest BCUT2D eigenvalue weighted by Gasteiger charge is -2.20. The Labute approximate surface area is 240 Å². The summed E-state index contributed by atoms with van der Waals surface area (Å²) in [5, 5.41) is 0. The fraction of sp³-hybridized carbons (Fsp3) is 0.500. The Morgan fingerprint density at radius 3 is 2.35 bits per heavy atom. The third-order valence-corrected chi connectivity index (χ3v) is 6.82. The molecule has 218 valence electrons. The Morgan fingerprint density at radius 2 is 1.77 bits per heavy atom. The van der Waals surface area contributed by atoms with Gasteiger partial charge in [0.25, 0.3) is 5.91 Å². The van der Waals surface area contributed by atoms with E-state index in [-0.39, 0.29) is 12.5 Å². The molecule has 2 aromatic rings. The number of dihydropyridines is 1. The summed E-state index contributed by atoms with van der Waals surface area (Å²) < 4.78 is 27.0. The van der Waals surface area contributed by atoms with E-state index >= 15 is 0 Å². The number of aliphatic imine (C=N–C) groups is 2. The lowest BCUT2D eigenvalue weighted by molar-refractivity contribution is 0.0628. The maximum Gasteiger partial charge on any atom is 0.256 e. The number of nitrogens with zero attached hydrogens (tertiary/aromatic N) is 3. The highest BCUT2D eigenvalue weighted by molar-refractivity contribution is 5.97. The highest BCUT2D eigenvalue weighted by Crippen LogP contribution is 2.28. The van der Waals surface area contributed by atoms with Gasteiger partial charge in [0.15, 0.2) is 6.80 Å². The Hall–Kier alpha value is -3.15. The number of amides is 1. The summed E-state index contributed by atoms with van der Waals surface area (Å²) in [4.78, 5) is 23.1. The summed E-state index contributed by atoms with van der Waals surface area (Å²) >= 11 is 0. The molecule has 4 nitrogen and oxygen atoms in total. The van der Waals surface area contributed by atoms with Gasteiger partial charge in [-0.2, -0.15) is 0 Å². The second kappa shape index (κ2) is 17.5. The van der Waals surface area contributed by atoms with Crippen molar-refractivity contribution in [1.82, 2.24) is 4.90 Å². The largest absolute Gasteiger partial charge is 0.308 e. The van der Waals surface area contributed by atoms with E-state index in [9.17, 15) is 13.6 Å². The highest BCUT2D eigenvalue weighted by atomic mass is 19.1. The lowest BCUT2D eigenvalue weighted by atomic mass is 9.90. The summed E-state index contributed by atoms with van der Waals surface area (Å²) in [6.07, 6.45) is 8.71. The molecule has 1 heterocycles. The van der Waals surface area contributed by atoms with Gasteiger partial charge < -0.3 is 4.90 Å². The van der Waals surface area contributed by atoms with Crippen molar-refractivity contribution in [3.05, 3.63) is 76.4 Å². The minimum atomic E-state index is -1.31. The van der Waals surface area contributed by atoms with Crippen LogP contribution in [0.1, 0.15) is 99.7 Å². The van der Waals surface area contributed by atoms with Crippen LogP contribution >= 0.6 is 0 Å². The molecule has 0 saturated carbocycles. The minimum Gasteiger partial charge on any atom is -0.308 e. The zero-order valence-corrected chi connectivity index (χ0v) is 25.2. The number of rotatable bonds is 12. The van der Waals surface area contributed by atoms with Gasteiger partial charge in [-0.15, -0.1) is 0 Å². The first kappa shape index (κ1) is 33.1. The normalized spacial score (nSPS) is 14.6. The van der Waals surface area contributed by atoms with Gasteiger partial charge in [0.2, 0.25) is 0 Å². The molecule has 0 bridgehead atoms. The summed E-state index contributed by atoms with van der Waals surface area (Å²) in [5.74, 6) is -0.446. The van der Waals surface area contributed by atoms with Gasteiger partial charge in [0, 0.05) is 30.0 Å². The molecule has 0 aliphatic carbocycles. The van der Waals surface area contributed by atoms with Crippen molar-refractivity contribution in [3.63, 3.8) is 0 Å². The number of allylic oxidation sites excluding steroid dienone is 1. The molecule has 0 aromatic heterocycles. The van der Waals surface area contributed by atoms with Crippen LogP contribution in [0.5, 0.6) is 0 Å². The molecule has 1 amide bonds. The van der Waals surface area contributed by atoms with Crippen LogP contribution in [0, 0.1) is 6.92 Å². The fourth-order valence-electron chi connectivity index (χ4n) is 4.53. The molecular weight excluding hydrogens is 504 g/mol. The van der Waals surface area contributed by atoms with Crippen LogP contribution in [-0.2, 0) is 6.42 Å². The zero-order chi connectivity index (χ0) is 29.5. The molecule has 2 aromatic carbocycles. The molecule has 1 aliphatic heterocycles. The van der Waals surface area contributed by atoms with Gasteiger partial charge in [-0.25, -0.2) is 8.78 Å². The summed E-state index contributed by atoms with van der Waals surface area (Å²) in [6, 6.07) is 13.9. The topological polar surface area (TPSA) is 45.0 Å². The van der Waals surface area contributed by atoms with Crippen LogP contribution in [0.3, 0.4) is 0 Å². The molecule has 6 heteroatoms. The number of carbonyl (C=O) groups is 1. The molecule has 40 heavy (non-hydrogen) atoms. The van der Waals surface area contributed by atoms with Crippen LogP contribution in [0.2, 0.25) is 0 Å². The van der Waals surface area contributed by atoms with Crippen LogP contribution in [0.15, 0.2) is 64.1 Å². The Morgan fingerprint density at radius 1 is 1.07 bits per heavy atom. The van der Waals surface area contributed by atoms with Crippen molar-refractivity contribution in [2.45, 2.75) is 92.2 Å². The minimum absolute atomic E-state index is 0.0852. The average Bonchev–Trinajstić information content (AvgIpc) is 2.95. The third-order valence-electron chi connectivity index (χ3n) is 6.82. The van der Waals surface area contributed by atoms with Gasteiger partial charge in [-0.3, -0.25) is 14.8 Å². The molecule has 3 rings (SSSR count). The van der Waals surface area contributed by atoms with Gasteiger partial charge in [0.05, 0.1) is 12.2 Å². The average molecular weight is 552 g/mol. The number of hydrogen-bond donors (Lipinski definition) is 0. The van der Waals surface area contributed by atoms with Crippen LogP contribution < -0.4 is 0 Å². The molecule has 0 spiro atoms. The Kier molecular flexibility index (Phi) is 14.5. The van der Waals surface area contributed by atoms with Crippen LogP contribution in [-0.4, -0.2) is 48.8 Å². The molecule has 0 radical (unpaired) electrons. The summed E-state index contributed by atoms with van der Waals surface area (Å²) in [6.45, 7) is 11.4. The Bertz CT molecular complexity index is 1150. The number of hydrogen-bond acceptors (Lipinski definition) is 3. The first-order valence-corrected chi connectivity index (χ1v) is 14.7. The van der Waals surface area contributed by atoms with Gasteiger partial charge in [-0.05, 0) is 74.4 Å². The first-order valence-electron chi connectivity index (χ1n) is 14.7. The maximum absolute atomic E-state index is 13.5. The van der Waals surface area contributed by atoms with E-state index in [1.54, 1.807) is 12.1 Å². The molecule has 2 unspecified atom stereocenters. The van der Waals surface area contributed by atoms with Crippen LogP contribution in [0.4, 0.5) is 14.5 Å². The molecule has 0 saturated heterocycles. The SMILES string of the molecule is CCC.CCCc1ccc(C(C)C(CCC2=CC=NCC2)=Nc2cc(C(=O)N(CF)CC(C)F)ccc2C)cc1. The van der Waals surface area contributed by atoms with Crippen molar-refractivity contribution >= 4 is 23.5 Å². The predicted molar refractivity (Wildman–Crippen MR) is 166 cm³/mol. The molecule has 1 aliphatic rings. The van der Waals surface area contributed by atoms with E-state index in [1.165, 1.54) is 30.0 Å². The predicted octanol–water partition coefficient (Wildman–Crippen LogP) is 9.15. The van der Waals surface area contributed by atoms with Crippen molar-refractivity contribution in [3.8, 4) is 0 Å². The van der Waals surface area contributed by atoms with E-state index in [2.05, 4.69) is 63.0 Å². The number of benzene rings is 2. The molecule has 0 fully saturated rings. The van der Waals surface area contributed by atoms with E-state index in [1.807, 2.05) is 19.2 Å². The van der Waals surface area contributed by atoms with Crippen molar-refractivity contribution in [2.75, 3.05) is 19.9 Å². The highest BCUT2D eigenvalue weighted by Gasteiger charge is 2.20. The second-order valence-corrected chi connectivity index (χ2v) is 10.6. The molecular formula is C34H47F2N3O. The number of halogens is 2. The quantitative estimate of drug-likeness (QED) is 0.192. The monoisotopic (exact) mass is 551 g/mol. The lowest BCUT2D eigenvalue weighted by Crippen LogP contribution is -2.34. The summed E-state index contributed by atoms with van der Waals surface area (Å²) in [7, 11) is 0. The number of carbonyl (C=O) groups excluding carboxylic acids is 1. The van der Waals surface area contributed by atoms with Gasteiger partial charge in [0.1, 0.15) is 6.17 Å². The van der Waals surface area contributed by atoms with E-state index in [0.29, 0.717) is 11.3 Å².